The molecule has 0 aromatic carbocycles. The molecule has 0 aliphatic carbocycles. The Bertz CT molecular complexity index is 126. The molecule has 0 heterocycles. The molecule has 0 amide bonds. The van der Waals surface area contributed by atoms with Gasteiger partial charge in [-0.05, 0) is 12.0 Å². The van der Waals surface area contributed by atoms with Crippen molar-refractivity contribution in [2.45, 2.75) is 25.8 Å². The van der Waals surface area contributed by atoms with E-state index in [1.165, 1.54) is 0 Å². The van der Waals surface area contributed by atoms with Crippen LogP contribution >= 0.6 is 22.6 Å². The predicted octanol–water partition coefficient (Wildman–Crippen LogP) is 2.90. The van der Waals surface area contributed by atoms with E-state index in [1.807, 2.05) is 13.8 Å². The van der Waals surface area contributed by atoms with E-state index in [-0.39, 0.29) is 5.54 Å². The number of rotatable bonds is 3. The van der Waals surface area contributed by atoms with Crippen LogP contribution in [0.1, 0.15) is 20.3 Å². The Kier molecular flexibility index (Phi) is 3.97. The highest BCUT2D eigenvalue weighted by molar-refractivity contribution is 14.1. The average molecular weight is 239 g/mol. The Balaban J connectivity index is 3.85. The van der Waals surface area contributed by atoms with Gasteiger partial charge in [0.15, 0.2) is 0 Å². The molecule has 0 aromatic heterocycles. The number of nitrogens with zero attached hydrogens (tertiary/aromatic N) is 3. The fourth-order valence-electron chi connectivity index (χ4n) is 0.402. The molecule has 3 nitrogen and oxygen atoms in total. The molecule has 0 radical (unpaired) electrons. The van der Waals surface area contributed by atoms with E-state index >= 15 is 0 Å². The molecule has 9 heavy (non-hydrogen) atoms. The Morgan fingerprint density at radius 2 is 2.22 bits per heavy atom. The van der Waals surface area contributed by atoms with E-state index in [4.69, 9.17) is 5.53 Å². The van der Waals surface area contributed by atoms with Crippen molar-refractivity contribution in [1.82, 2.24) is 0 Å². The van der Waals surface area contributed by atoms with Crippen molar-refractivity contribution >= 4 is 22.6 Å². The summed E-state index contributed by atoms with van der Waals surface area (Å²) < 4.78 is 1.03. The lowest BCUT2D eigenvalue weighted by atomic mass is 10.0. The quantitative estimate of drug-likeness (QED) is 0.239. The standard InChI is InChI=1S/C5H10IN3/c1-5(2,3-4-6)8-9-7/h3-4H2,1-2H3. The summed E-state index contributed by atoms with van der Waals surface area (Å²) in [6, 6.07) is 0. The topological polar surface area (TPSA) is 48.8 Å². The molecule has 52 valence electrons. The lowest BCUT2D eigenvalue weighted by Gasteiger charge is -2.14. The zero-order valence-electron chi connectivity index (χ0n) is 5.63. The molecule has 0 atom stereocenters. The minimum absolute atomic E-state index is 0.198. The van der Waals surface area contributed by atoms with E-state index in [9.17, 15) is 0 Å². The summed E-state index contributed by atoms with van der Waals surface area (Å²) in [5.74, 6) is 0. The van der Waals surface area contributed by atoms with Crippen LogP contribution in [0.5, 0.6) is 0 Å². The highest BCUT2D eigenvalue weighted by Crippen LogP contribution is 2.15. The first-order chi connectivity index (χ1) is 4.12. The Labute approximate surface area is 68.6 Å². The van der Waals surface area contributed by atoms with Crippen molar-refractivity contribution in [1.29, 1.82) is 0 Å². The Morgan fingerprint density at radius 3 is 2.56 bits per heavy atom. The molecule has 0 N–H and O–H groups in total. The van der Waals surface area contributed by atoms with Crippen LogP contribution in [0.2, 0.25) is 0 Å². The second-order valence-corrected chi connectivity index (χ2v) is 3.52. The molecule has 0 bridgehead atoms. The number of halogens is 1. The summed E-state index contributed by atoms with van der Waals surface area (Å²) in [4.78, 5) is 2.75. The molecule has 0 saturated carbocycles. The van der Waals surface area contributed by atoms with Gasteiger partial charge in [-0.25, -0.2) is 0 Å². The van der Waals surface area contributed by atoms with Crippen molar-refractivity contribution in [2.75, 3.05) is 4.43 Å². The maximum atomic E-state index is 8.08. The number of alkyl halides is 1. The van der Waals surface area contributed by atoms with Crippen LogP contribution in [0.3, 0.4) is 0 Å². The van der Waals surface area contributed by atoms with Crippen molar-refractivity contribution in [3.05, 3.63) is 10.4 Å². The molecular formula is C5H10IN3. The van der Waals surface area contributed by atoms with Gasteiger partial charge in [0.25, 0.3) is 0 Å². The zero-order chi connectivity index (χ0) is 7.33. The monoisotopic (exact) mass is 239 g/mol. The molecule has 0 unspecified atom stereocenters. The van der Waals surface area contributed by atoms with Gasteiger partial charge >= 0.3 is 0 Å². The van der Waals surface area contributed by atoms with Crippen molar-refractivity contribution in [2.24, 2.45) is 5.11 Å². The van der Waals surface area contributed by atoms with Gasteiger partial charge in [0.2, 0.25) is 0 Å². The molecule has 4 heteroatoms. The highest BCUT2D eigenvalue weighted by Gasteiger charge is 2.12. The van der Waals surface area contributed by atoms with Crippen LogP contribution < -0.4 is 0 Å². The summed E-state index contributed by atoms with van der Waals surface area (Å²) >= 11 is 2.27. The third kappa shape index (κ3) is 4.54. The predicted molar refractivity (Wildman–Crippen MR) is 46.7 cm³/mol. The third-order valence-electron chi connectivity index (χ3n) is 1.02. The minimum atomic E-state index is -0.198. The molecule has 0 saturated heterocycles. The summed E-state index contributed by atoms with van der Waals surface area (Å²) in [7, 11) is 0. The first kappa shape index (κ1) is 9.04. The van der Waals surface area contributed by atoms with Crippen LogP contribution in [-0.4, -0.2) is 9.97 Å². The van der Waals surface area contributed by atoms with Crippen LogP contribution in [0.25, 0.3) is 10.4 Å². The lowest BCUT2D eigenvalue weighted by Crippen LogP contribution is -2.15. The van der Waals surface area contributed by atoms with Gasteiger partial charge in [-0.3, -0.25) is 0 Å². The van der Waals surface area contributed by atoms with Gasteiger partial charge in [-0.2, -0.15) is 0 Å². The smallest absolute Gasteiger partial charge is 0.0439 e. The summed E-state index contributed by atoms with van der Waals surface area (Å²) in [6.45, 7) is 3.87. The highest BCUT2D eigenvalue weighted by atomic mass is 127. The molecule has 0 aliphatic rings. The van der Waals surface area contributed by atoms with E-state index in [2.05, 4.69) is 32.6 Å². The van der Waals surface area contributed by atoms with Crippen molar-refractivity contribution < 1.29 is 0 Å². The molecule has 0 rings (SSSR count). The Morgan fingerprint density at radius 1 is 1.67 bits per heavy atom. The van der Waals surface area contributed by atoms with Gasteiger partial charge in [-0.1, -0.05) is 41.6 Å². The molecule has 0 aliphatic heterocycles. The lowest BCUT2D eigenvalue weighted by molar-refractivity contribution is 0.506. The molecule has 0 aromatic rings. The second kappa shape index (κ2) is 3.95. The van der Waals surface area contributed by atoms with E-state index in [1.54, 1.807) is 0 Å². The molecule has 0 spiro atoms. The molecular weight excluding hydrogens is 229 g/mol. The van der Waals surface area contributed by atoms with Crippen LogP contribution in [-0.2, 0) is 0 Å². The largest absolute Gasteiger partial charge is 0.0878 e. The fourth-order valence-corrected chi connectivity index (χ4v) is 1.72. The number of hydrogen-bond acceptors (Lipinski definition) is 1. The van der Waals surface area contributed by atoms with E-state index < -0.39 is 0 Å². The summed E-state index contributed by atoms with van der Waals surface area (Å²) in [5.41, 5.74) is 7.89. The summed E-state index contributed by atoms with van der Waals surface area (Å²) in [5, 5.41) is 3.62. The van der Waals surface area contributed by atoms with E-state index in [0.717, 1.165) is 10.8 Å². The third-order valence-corrected chi connectivity index (χ3v) is 1.56. The van der Waals surface area contributed by atoms with Gasteiger partial charge in [0.05, 0.1) is 0 Å². The number of hydrogen-bond donors (Lipinski definition) is 0. The molecule has 0 fully saturated rings. The SMILES string of the molecule is CC(C)(CCI)N=[N+]=[N-]. The maximum absolute atomic E-state index is 8.08. The average Bonchev–Trinajstić information content (AvgIpc) is 1.64. The minimum Gasteiger partial charge on any atom is -0.0878 e. The zero-order valence-corrected chi connectivity index (χ0v) is 7.79. The van der Waals surface area contributed by atoms with Crippen molar-refractivity contribution in [3.8, 4) is 0 Å². The Hall–Kier alpha value is 0.0400. The first-order valence-corrected chi connectivity index (χ1v) is 4.27. The van der Waals surface area contributed by atoms with Crippen LogP contribution in [0, 0.1) is 0 Å². The normalized spacial score (nSPS) is 10.6. The fraction of sp³-hybridized carbons (Fsp3) is 1.00. The number of azide groups is 1. The van der Waals surface area contributed by atoms with Crippen molar-refractivity contribution in [3.63, 3.8) is 0 Å². The van der Waals surface area contributed by atoms with Gasteiger partial charge in [-0.15, -0.1) is 0 Å². The maximum Gasteiger partial charge on any atom is 0.0439 e. The first-order valence-electron chi connectivity index (χ1n) is 2.74. The van der Waals surface area contributed by atoms with Gasteiger partial charge < -0.3 is 0 Å². The van der Waals surface area contributed by atoms with Crippen LogP contribution in [0.15, 0.2) is 5.11 Å². The second-order valence-electron chi connectivity index (χ2n) is 2.44. The van der Waals surface area contributed by atoms with E-state index in [0.29, 0.717) is 0 Å². The van der Waals surface area contributed by atoms with Gasteiger partial charge in [0, 0.05) is 14.9 Å². The van der Waals surface area contributed by atoms with Crippen LogP contribution in [0.4, 0.5) is 0 Å². The summed E-state index contributed by atoms with van der Waals surface area (Å²) in [6.07, 6.45) is 0.942. The van der Waals surface area contributed by atoms with Gasteiger partial charge in [0.1, 0.15) is 0 Å².